The van der Waals surface area contributed by atoms with Crippen molar-refractivity contribution in [2.75, 3.05) is 13.2 Å². The summed E-state index contributed by atoms with van der Waals surface area (Å²) in [6, 6.07) is 0. The predicted octanol–water partition coefficient (Wildman–Crippen LogP) is 1.41. The smallest absolute Gasteiger partial charge is 0.329 e. The number of carbonyl (C=O) groups excluding carboxylic acids is 1. The van der Waals surface area contributed by atoms with E-state index in [1.807, 2.05) is 0 Å². The minimum absolute atomic E-state index is 0.0505. The Hall–Kier alpha value is -1.72. The lowest BCUT2D eigenvalue weighted by molar-refractivity contribution is -0.149. The molecule has 0 aromatic carbocycles. The van der Waals surface area contributed by atoms with E-state index in [1.165, 1.54) is 6.26 Å². The fraction of sp³-hybridized carbons (Fsp3) is 0.714. The van der Waals surface area contributed by atoms with Gasteiger partial charge in [0.05, 0.1) is 0 Å². The van der Waals surface area contributed by atoms with Crippen LogP contribution < -0.4 is 5.32 Å². The van der Waals surface area contributed by atoms with E-state index in [-0.39, 0.29) is 5.76 Å². The third-order valence-electron chi connectivity index (χ3n) is 4.17. The van der Waals surface area contributed by atoms with E-state index in [0.717, 1.165) is 19.3 Å². The molecule has 0 radical (unpaired) electrons. The van der Waals surface area contributed by atoms with Crippen molar-refractivity contribution in [2.24, 2.45) is 5.92 Å². The molecule has 1 heterocycles. The summed E-state index contributed by atoms with van der Waals surface area (Å²) in [7, 11) is 0. The second-order valence-electron chi connectivity index (χ2n) is 5.39. The number of ether oxygens (including phenoxy) is 2. The highest BCUT2D eigenvalue weighted by Crippen LogP contribution is 2.34. The standard InChI is InChI=1S/C14H21NO5/c1-2-10-3-5-14(6-4-10,13(17)18)15-12(16)11-9-19-7-8-20-11/h9-10H,2-8H2,1H3,(H,15,16)(H,17,18). The summed E-state index contributed by atoms with van der Waals surface area (Å²) in [5.41, 5.74) is -1.18. The van der Waals surface area contributed by atoms with Crippen molar-refractivity contribution < 1.29 is 24.2 Å². The van der Waals surface area contributed by atoms with E-state index in [0.29, 0.717) is 32.0 Å². The average Bonchev–Trinajstić information content (AvgIpc) is 2.48. The Kier molecular flexibility index (Phi) is 4.52. The molecule has 0 unspecified atom stereocenters. The van der Waals surface area contributed by atoms with Gasteiger partial charge in [0.25, 0.3) is 5.91 Å². The van der Waals surface area contributed by atoms with Crippen LogP contribution in [0.5, 0.6) is 0 Å². The molecule has 112 valence electrons. The van der Waals surface area contributed by atoms with Gasteiger partial charge in [-0.2, -0.15) is 0 Å². The van der Waals surface area contributed by atoms with Gasteiger partial charge in [-0.05, 0) is 31.6 Å². The van der Waals surface area contributed by atoms with Crippen molar-refractivity contribution in [3.63, 3.8) is 0 Å². The number of aliphatic carboxylic acids is 1. The Morgan fingerprint density at radius 2 is 2.10 bits per heavy atom. The highest BCUT2D eigenvalue weighted by Gasteiger charge is 2.43. The van der Waals surface area contributed by atoms with Crippen LogP contribution in [-0.4, -0.2) is 35.7 Å². The molecule has 0 spiro atoms. The van der Waals surface area contributed by atoms with Crippen molar-refractivity contribution in [3.05, 3.63) is 12.0 Å². The second kappa shape index (κ2) is 6.15. The number of rotatable bonds is 4. The number of carboxylic acid groups (broad SMARTS) is 1. The van der Waals surface area contributed by atoms with Crippen LogP contribution in [0.3, 0.4) is 0 Å². The van der Waals surface area contributed by atoms with Gasteiger partial charge in [0.1, 0.15) is 25.0 Å². The van der Waals surface area contributed by atoms with Crippen LogP contribution in [-0.2, 0) is 19.1 Å². The highest BCUT2D eigenvalue weighted by atomic mass is 16.6. The summed E-state index contributed by atoms with van der Waals surface area (Å²) >= 11 is 0. The Morgan fingerprint density at radius 3 is 2.60 bits per heavy atom. The summed E-state index contributed by atoms with van der Waals surface area (Å²) in [4.78, 5) is 23.7. The number of carbonyl (C=O) groups is 2. The minimum Gasteiger partial charge on any atom is -0.494 e. The molecule has 0 saturated heterocycles. The second-order valence-corrected chi connectivity index (χ2v) is 5.39. The number of amides is 1. The quantitative estimate of drug-likeness (QED) is 0.815. The zero-order chi connectivity index (χ0) is 14.6. The number of nitrogens with one attached hydrogen (secondary N) is 1. The monoisotopic (exact) mass is 283 g/mol. The van der Waals surface area contributed by atoms with Crippen molar-refractivity contribution >= 4 is 11.9 Å². The first-order chi connectivity index (χ1) is 9.57. The van der Waals surface area contributed by atoms with Crippen LogP contribution >= 0.6 is 0 Å². The molecule has 1 saturated carbocycles. The Morgan fingerprint density at radius 1 is 1.40 bits per heavy atom. The van der Waals surface area contributed by atoms with Crippen LogP contribution in [0.4, 0.5) is 0 Å². The molecule has 0 bridgehead atoms. The van der Waals surface area contributed by atoms with E-state index < -0.39 is 17.4 Å². The first-order valence-electron chi connectivity index (χ1n) is 7.08. The summed E-state index contributed by atoms with van der Waals surface area (Å²) in [5, 5.41) is 12.1. The Labute approximate surface area is 118 Å². The molecule has 1 aliphatic heterocycles. The topological polar surface area (TPSA) is 84.9 Å². The van der Waals surface area contributed by atoms with E-state index in [9.17, 15) is 14.7 Å². The SMILES string of the molecule is CCC1CCC(NC(=O)C2=COCCO2)(C(=O)O)CC1. The number of hydrogen-bond donors (Lipinski definition) is 2. The highest BCUT2D eigenvalue weighted by molar-refractivity contribution is 5.95. The van der Waals surface area contributed by atoms with E-state index in [4.69, 9.17) is 9.47 Å². The van der Waals surface area contributed by atoms with Crippen molar-refractivity contribution in [1.29, 1.82) is 0 Å². The van der Waals surface area contributed by atoms with Gasteiger partial charge in [0.15, 0.2) is 0 Å². The molecule has 2 aliphatic rings. The Bertz CT molecular complexity index is 410. The predicted molar refractivity (Wildman–Crippen MR) is 70.7 cm³/mol. The van der Waals surface area contributed by atoms with E-state index in [2.05, 4.69) is 12.2 Å². The maximum Gasteiger partial charge on any atom is 0.329 e. The van der Waals surface area contributed by atoms with E-state index >= 15 is 0 Å². The van der Waals surface area contributed by atoms with Crippen LogP contribution in [0.25, 0.3) is 0 Å². The van der Waals surface area contributed by atoms with Crippen LogP contribution in [0.1, 0.15) is 39.0 Å². The maximum atomic E-state index is 12.1. The van der Waals surface area contributed by atoms with Gasteiger partial charge in [-0.3, -0.25) is 4.79 Å². The largest absolute Gasteiger partial charge is 0.494 e. The van der Waals surface area contributed by atoms with Gasteiger partial charge in [-0.1, -0.05) is 13.3 Å². The molecule has 6 nitrogen and oxygen atoms in total. The summed E-state index contributed by atoms with van der Waals surface area (Å²) < 4.78 is 10.2. The summed E-state index contributed by atoms with van der Waals surface area (Å²) in [5.74, 6) is -0.887. The van der Waals surface area contributed by atoms with E-state index in [1.54, 1.807) is 0 Å². The Balaban J connectivity index is 2.04. The van der Waals surface area contributed by atoms with Crippen molar-refractivity contribution in [2.45, 2.75) is 44.6 Å². The molecule has 6 heteroatoms. The fourth-order valence-corrected chi connectivity index (χ4v) is 2.74. The third kappa shape index (κ3) is 3.05. The average molecular weight is 283 g/mol. The van der Waals surface area contributed by atoms with Gasteiger partial charge in [0.2, 0.25) is 5.76 Å². The molecule has 1 fully saturated rings. The van der Waals surface area contributed by atoms with Gasteiger partial charge < -0.3 is 19.9 Å². The molecule has 0 aromatic heterocycles. The lowest BCUT2D eigenvalue weighted by atomic mass is 9.75. The van der Waals surface area contributed by atoms with Gasteiger partial charge >= 0.3 is 5.97 Å². The van der Waals surface area contributed by atoms with Crippen LogP contribution in [0.15, 0.2) is 12.0 Å². The molecule has 2 rings (SSSR count). The van der Waals surface area contributed by atoms with Crippen LogP contribution in [0, 0.1) is 5.92 Å². The van der Waals surface area contributed by atoms with Crippen molar-refractivity contribution in [3.8, 4) is 0 Å². The molecule has 0 aromatic rings. The minimum atomic E-state index is -1.18. The van der Waals surface area contributed by atoms with Crippen molar-refractivity contribution in [1.82, 2.24) is 5.32 Å². The third-order valence-corrected chi connectivity index (χ3v) is 4.17. The summed E-state index contributed by atoms with van der Waals surface area (Å²) in [6.07, 6.45) is 4.85. The normalized spacial score (nSPS) is 29.6. The zero-order valence-electron chi connectivity index (χ0n) is 11.7. The lowest BCUT2D eigenvalue weighted by Crippen LogP contribution is -2.56. The lowest BCUT2D eigenvalue weighted by Gasteiger charge is -2.37. The first-order valence-corrected chi connectivity index (χ1v) is 7.08. The maximum absolute atomic E-state index is 12.1. The van der Waals surface area contributed by atoms with Gasteiger partial charge in [-0.25, -0.2) is 4.79 Å². The van der Waals surface area contributed by atoms with Gasteiger partial charge in [0, 0.05) is 0 Å². The number of carboxylic acids is 1. The first kappa shape index (κ1) is 14.7. The zero-order valence-corrected chi connectivity index (χ0v) is 11.7. The number of hydrogen-bond acceptors (Lipinski definition) is 4. The molecule has 1 aliphatic carbocycles. The van der Waals surface area contributed by atoms with Gasteiger partial charge in [-0.15, -0.1) is 0 Å². The molecule has 0 atom stereocenters. The summed E-state index contributed by atoms with van der Waals surface area (Å²) in [6.45, 7) is 2.81. The molecule has 2 N–H and O–H groups in total. The molecule has 1 amide bonds. The molecule has 20 heavy (non-hydrogen) atoms. The fourth-order valence-electron chi connectivity index (χ4n) is 2.74. The van der Waals surface area contributed by atoms with Crippen LogP contribution in [0.2, 0.25) is 0 Å². The molecular formula is C14H21NO5. The molecular weight excluding hydrogens is 262 g/mol.